The van der Waals surface area contributed by atoms with Crippen molar-refractivity contribution >= 4 is 32.0 Å². The molecule has 0 atom stereocenters. The monoisotopic (exact) mass is 443 g/mol. The lowest BCUT2D eigenvalue weighted by Gasteiger charge is -2.14. The summed E-state index contributed by atoms with van der Waals surface area (Å²) in [5.41, 5.74) is 2.20. The number of anilines is 1. The fourth-order valence-corrected chi connectivity index (χ4v) is 4.91. The van der Waals surface area contributed by atoms with E-state index in [-0.39, 0.29) is 10.6 Å². The summed E-state index contributed by atoms with van der Waals surface area (Å²) in [7, 11) is -3.84. The largest absolute Gasteiger partial charge is 0.494 e. The fraction of sp³-hybridized carbons (Fsp3) is 0.190. The third-order valence-corrected chi connectivity index (χ3v) is 6.53. The molecule has 0 saturated carbocycles. The van der Waals surface area contributed by atoms with Crippen LogP contribution in [0.5, 0.6) is 11.5 Å². The van der Waals surface area contributed by atoms with E-state index < -0.39 is 10.0 Å². The van der Waals surface area contributed by atoms with E-state index in [1.165, 1.54) is 6.07 Å². The Morgan fingerprint density at radius 1 is 1.07 bits per heavy atom. The molecule has 2 heterocycles. The van der Waals surface area contributed by atoms with E-state index in [0.717, 1.165) is 16.2 Å². The molecule has 7 nitrogen and oxygen atoms in total. The number of fused-ring (bicyclic) bond motifs is 1. The minimum absolute atomic E-state index is 0.0613. The van der Waals surface area contributed by atoms with Gasteiger partial charge in [0.25, 0.3) is 10.0 Å². The van der Waals surface area contributed by atoms with Gasteiger partial charge in [0.1, 0.15) is 16.4 Å². The zero-order valence-electron chi connectivity index (χ0n) is 16.5. The molecule has 0 fully saturated rings. The Labute approximate surface area is 179 Å². The van der Waals surface area contributed by atoms with Crippen LogP contribution in [0.15, 0.2) is 65.1 Å². The van der Waals surface area contributed by atoms with E-state index in [0.29, 0.717) is 24.7 Å². The molecule has 0 spiro atoms. The highest BCUT2D eigenvalue weighted by molar-refractivity contribution is 7.92. The van der Waals surface area contributed by atoms with Crippen molar-refractivity contribution in [3.05, 3.63) is 60.2 Å². The summed E-state index contributed by atoms with van der Waals surface area (Å²) in [6, 6.07) is 11.8. The minimum atomic E-state index is -3.84. The van der Waals surface area contributed by atoms with Gasteiger partial charge in [-0.05, 0) is 38.1 Å². The fourth-order valence-electron chi connectivity index (χ4n) is 3.02. The lowest BCUT2D eigenvalue weighted by Crippen LogP contribution is -2.14. The zero-order valence-corrected chi connectivity index (χ0v) is 18.2. The molecule has 0 unspecified atom stereocenters. The Morgan fingerprint density at radius 3 is 2.53 bits per heavy atom. The number of rotatable bonds is 8. The Morgan fingerprint density at radius 2 is 1.83 bits per heavy atom. The first-order chi connectivity index (χ1) is 14.5. The average molecular weight is 444 g/mol. The summed E-state index contributed by atoms with van der Waals surface area (Å²) in [5, 5.41) is 1.97. The number of nitrogens with one attached hydrogen (secondary N) is 1. The molecule has 0 saturated heterocycles. The molecule has 0 aliphatic rings. The molecule has 0 bridgehead atoms. The molecule has 2 aromatic carbocycles. The van der Waals surface area contributed by atoms with E-state index in [1.54, 1.807) is 42.5 Å². The van der Waals surface area contributed by atoms with E-state index in [1.807, 2.05) is 41.2 Å². The third kappa shape index (κ3) is 4.12. The van der Waals surface area contributed by atoms with Crippen LogP contribution in [-0.2, 0) is 10.0 Å². The van der Waals surface area contributed by atoms with E-state index in [4.69, 9.17) is 9.47 Å². The average Bonchev–Trinajstić information content (AvgIpc) is 3.31. The van der Waals surface area contributed by atoms with Crippen molar-refractivity contribution < 1.29 is 17.9 Å². The lowest BCUT2D eigenvalue weighted by molar-refractivity contribution is 0.317. The maximum absolute atomic E-state index is 13.0. The second-order valence-electron chi connectivity index (χ2n) is 6.38. The van der Waals surface area contributed by atoms with Crippen molar-refractivity contribution in [3.63, 3.8) is 0 Å². The second kappa shape index (κ2) is 8.37. The molecule has 1 N–H and O–H groups in total. The Bertz CT molecular complexity index is 1230. The predicted octanol–water partition coefficient (Wildman–Crippen LogP) is 4.66. The van der Waals surface area contributed by atoms with E-state index >= 15 is 0 Å². The SMILES string of the molecule is CCOc1ccc(S(=O)(=O)Nc2ccc(-c3cn4ccsc4n3)cc2)c(OCC)c1. The number of aromatic nitrogens is 2. The lowest BCUT2D eigenvalue weighted by atomic mass is 10.1. The summed E-state index contributed by atoms with van der Waals surface area (Å²) < 4.78 is 41.5. The molecule has 0 aliphatic carbocycles. The van der Waals surface area contributed by atoms with Gasteiger partial charge in [-0.2, -0.15) is 0 Å². The van der Waals surface area contributed by atoms with Crippen LogP contribution in [0, 0.1) is 0 Å². The maximum Gasteiger partial charge on any atom is 0.265 e. The molecule has 30 heavy (non-hydrogen) atoms. The van der Waals surface area contributed by atoms with Gasteiger partial charge in [-0.1, -0.05) is 12.1 Å². The summed E-state index contributed by atoms with van der Waals surface area (Å²) in [6.45, 7) is 4.49. The smallest absolute Gasteiger partial charge is 0.265 e. The van der Waals surface area contributed by atoms with Crippen molar-refractivity contribution in [1.82, 2.24) is 9.38 Å². The van der Waals surface area contributed by atoms with Crippen LogP contribution in [0.25, 0.3) is 16.2 Å². The first-order valence-corrected chi connectivity index (χ1v) is 11.8. The van der Waals surface area contributed by atoms with Crippen LogP contribution in [0.2, 0.25) is 0 Å². The maximum atomic E-state index is 13.0. The normalized spacial score (nSPS) is 11.5. The highest BCUT2D eigenvalue weighted by Gasteiger charge is 2.21. The van der Waals surface area contributed by atoms with Crippen LogP contribution in [0.4, 0.5) is 5.69 Å². The number of nitrogens with zero attached hydrogens (tertiary/aromatic N) is 2. The van der Waals surface area contributed by atoms with E-state index in [9.17, 15) is 8.42 Å². The van der Waals surface area contributed by atoms with Gasteiger partial charge >= 0.3 is 0 Å². The molecule has 2 aromatic heterocycles. The minimum Gasteiger partial charge on any atom is -0.494 e. The van der Waals surface area contributed by atoms with Gasteiger partial charge in [0.05, 0.1) is 18.9 Å². The molecule has 4 rings (SSSR count). The first kappa shape index (κ1) is 20.2. The first-order valence-electron chi connectivity index (χ1n) is 9.45. The number of sulfonamides is 1. The number of imidazole rings is 1. The quantitative estimate of drug-likeness (QED) is 0.428. The van der Waals surface area contributed by atoms with Gasteiger partial charge < -0.3 is 9.47 Å². The van der Waals surface area contributed by atoms with Crippen LogP contribution in [0.1, 0.15) is 13.8 Å². The van der Waals surface area contributed by atoms with Crippen molar-refractivity contribution in [2.24, 2.45) is 0 Å². The van der Waals surface area contributed by atoms with Crippen molar-refractivity contribution in [2.45, 2.75) is 18.7 Å². The van der Waals surface area contributed by atoms with Crippen LogP contribution in [-0.4, -0.2) is 31.0 Å². The summed E-state index contributed by atoms with van der Waals surface area (Å²) in [6.07, 6.45) is 3.89. The van der Waals surface area contributed by atoms with Crippen molar-refractivity contribution in [2.75, 3.05) is 17.9 Å². The number of hydrogen-bond donors (Lipinski definition) is 1. The summed E-state index contributed by atoms with van der Waals surface area (Å²) in [5.74, 6) is 0.815. The topological polar surface area (TPSA) is 81.9 Å². The molecule has 156 valence electrons. The Hall–Kier alpha value is -3.04. The molecule has 0 radical (unpaired) electrons. The number of thiazole rings is 1. The van der Waals surface area contributed by atoms with Gasteiger partial charge in [-0.3, -0.25) is 9.12 Å². The van der Waals surface area contributed by atoms with Gasteiger partial charge in [0, 0.05) is 35.1 Å². The van der Waals surface area contributed by atoms with Crippen molar-refractivity contribution in [3.8, 4) is 22.8 Å². The van der Waals surface area contributed by atoms with Crippen molar-refractivity contribution in [1.29, 1.82) is 0 Å². The van der Waals surface area contributed by atoms with Gasteiger partial charge in [-0.25, -0.2) is 13.4 Å². The van der Waals surface area contributed by atoms with Gasteiger partial charge in [-0.15, -0.1) is 11.3 Å². The number of ether oxygens (including phenoxy) is 2. The van der Waals surface area contributed by atoms with Gasteiger partial charge in [0.15, 0.2) is 4.96 Å². The van der Waals surface area contributed by atoms with Gasteiger partial charge in [0.2, 0.25) is 0 Å². The highest BCUT2D eigenvalue weighted by atomic mass is 32.2. The molecule has 0 amide bonds. The summed E-state index contributed by atoms with van der Waals surface area (Å²) in [4.78, 5) is 5.54. The highest BCUT2D eigenvalue weighted by Crippen LogP contribution is 2.31. The molecular weight excluding hydrogens is 422 g/mol. The summed E-state index contributed by atoms with van der Waals surface area (Å²) >= 11 is 1.56. The Balaban J connectivity index is 1.57. The molecule has 0 aliphatic heterocycles. The number of hydrogen-bond acceptors (Lipinski definition) is 6. The standard InChI is InChI=1S/C21H21N3O4S2/c1-3-27-17-9-10-20(19(13-17)28-4-2)30(25,26)23-16-7-5-15(6-8-16)18-14-24-11-12-29-21(24)22-18/h5-14,23H,3-4H2,1-2H3. The molecular formula is C21H21N3O4S2. The predicted molar refractivity (Wildman–Crippen MR) is 118 cm³/mol. The van der Waals surface area contributed by atoms with Crippen LogP contribution >= 0.6 is 11.3 Å². The Kier molecular flexibility index (Phi) is 5.65. The molecule has 4 aromatic rings. The van der Waals surface area contributed by atoms with Crippen LogP contribution in [0.3, 0.4) is 0 Å². The number of benzene rings is 2. The zero-order chi connectivity index (χ0) is 21.1. The third-order valence-electron chi connectivity index (χ3n) is 4.34. The van der Waals surface area contributed by atoms with Crippen LogP contribution < -0.4 is 14.2 Å². The molecule has 9 heteroatoms. The van der Waals surface area contributed by atoms with E-state index in [2.05, 4.69) is 9.71 Å². The second-order valence-corrected chi connectivity index (χ2v) is 8.90.